The molecule has 0 aromatic heterocycles. The molecule has 0 unspecified atom stereocenters. The topological polar surface area (TPSA) is 58.6 Å². The first-order valence-corrected chi connectivity index (χ1v) is 12.1. The molecule has 0 bridgehead atoms. The lowest BCUT2D eigenvalue weighted by molar-refractivity contribution is -0.143. The fourth-order valence-electron chi connectivity index (χ4n) is 4.06. The predicted octanol–water partition coefficient (Wildman–Crippen LogP) is 5.38. The number of rotatable bonds is 9. The molecule has 0 fully saturated rings. The summed E-state index contributed by atoms with van der Waals surface area (Å²) >= 11 is 0. The van der Waals surface area contributed by atoms with E-state index in [1.54, 1.807) is 18.2 Å². The minimum atomic E-state index is -0.860. The molecule has 0 heterocycles. The van der Waals surface area contributed by atoms with E-state index in [4.69, 9.17) is 4.74 Å². The predicted molar refractivity (Wildman–Crippen MR) is 140 cm³/mol. The number of carbonyl (C=O) groups is 2. The Morgan fingerprint density at radius 3 is 2.17 bits per heavy atom. The lowest BCUT2D eigenvalue weighted by Crippen LogP contribution is -2.55. The quantitative estimate of drug-likeness (QED) is 0.438. The highest BCUT2D eigenvalue weighted by Gasteiger charge is 2.33. The molecule has 36 heavy (non-hydrogen) atoms. The largest absolute Gasteiger partial charge is 0.484 e. The van der Waals surface area contributed by atoms with Crippen molar-refractivity contribution in [3.8, 4) is 5.75 Å². The Labute approximate surface area is 213 Å². The van der Waals surface area contributed by atoms with Gasteiger partial charge in [-0.05, 0) is 69.5 Å². The van der Waals surface area contributed by atoms with Crippen molar-refractivity contribution >= 4 is 11.8 Å². The van der Waals surface area contributed by atoms with E-state index in [1.165, 1.54) is 11.0 Å². The van der Waals surface area contributed by atoms with Crippen molar-refractivity contribution < 1.29 is 18.7 Å². The van der Waals surface area contributed by atoms with E-state index in [-0.39, 0.29) is 25.5 Å². The maximum Gasteiger partial charge on any atom is 0.261 e. The van der Waals surface area contributed by atoms with Crippen molar-refractivity contribution in [3.05, 3.63) is 101 Å². The molecule has 190 valence electrons. The molecule has 3 rings (SSSR count). The maximum absolute atomic E-state index is 14.6. The Balaban J connectivity index is 1.95. The van der Waals surface area contributed by atoms with E-state index >= 15 is 0 Å². The number of carbonyl (C=O) groups excluding carboxylic acids is 2. The van der Waals surface area contributed by atoms with Gasteiger partial charge >= 0.3 is 0 Å². The summed E-state index contributed by atoms with van der Waals surface area (Å²) in [6.45, 7) is 9.24. The van der Waals surface area contributed by atoms with Gasteiger partial charge in [0.2, 0.25) is 5.91 Å². The number of nitrogens with zero attached hydrogens (tertiary/aromatic N) is 1. The van der Waals surface area contributed by atoms with Crippen LogP contribution >= 0.6 is 0 Å². The molecule has 1 atom stereocenters. The zero-order chi connectivity index (χ0) is 26.3. The fourth-order valence-corrected chi connectivity index (χ4v) is 4.06. The van der Waals surface area contributed by atoms with Crippen molar-refractivity contribution in [2.45, 2.75) is 59.2 Å². The molecule has 0 spiro atoms. The maximum atomic E-state index is 14.6. The molecule has 6 heteroatoms. The van der Waals surface area contributed by atoms with E-state index in [0.29, 0.717) is 11.3 Å². The molecule has 2 amide bonds. The van der Waals surface area contributed by atoms with E-state index in [1.807, 2.05) is 83.1 Å². The van der Waals surface area contributed by atoms with Gasteiger partial charge in [-0.1, -0.05) is 54.6 Å². The number of aryl methyl sites for hydroxylation is 2. The highest BCUT2D eigenvalue weighted by Crippen LogP contribution is 2.20. The van der Waals surface area contributed by atoms with Crippen molar-refractivity contribution in [2.75, 3.05) is 6.61 Å². The smallest absolute Gasteiger partial charge is 0.261 e. The molecule has 0 aliphatic heterocycles. The first-order chi connectivity index (χ1) is 17.0. The van der Waals surface area contributed by atoms with Crippen LogP contribution in [0, 0.1) is 19.7 Å². The molecule has 3 aromatic carbocycles. The number of hydrogen-bond acceptors (Lipinski definition) is 3. The highest BCUT2D eigenvalue weighted by molar-refractivity contribution is 5.89. The summed E-state index contributed by atoms with van der Waals surface area (Å²) in [6.07, 6.45) is 0.284. The molecule has 1 N–H and O–H groups in total. The van der Waals surface area contributed by atoms with Crippen molar-refractivity contribution in [2.24, 2.45) is 0 Å². The zero-order valence-electron chi connectivity index (χ0n) is 21.7. The van der Waals surface area contributed by atoms with Crippen LogP contribution in [-0.2, 0) is 22.6 Å². The van der Waals surface area contributed by atoms with Gasteiger partial charge < -0.3 is 15.0 Å². The summed E-state index contributed by atoms with van der Waals surface area (Å²) in [4.78, 5) is 28.5. The third kappa shape index (κ3) is 7.94. The number of hydrogen-bond donors (Lipinski definition) is 1. The monoisotopic (exact) mass is 490 g/mol. The van der Waals surface area contributed by atoms with Crippen LogP contribution in [-0.4, -0.2) is 34.9 Å². The second-order valence-corrected chi connectivity index (χ2v) is 10.2. The number of benzene rings is 3. The van der Waals surface area contributed by atoms with Crippen molar-refractivity contribution in [3.63, 3.8) is 0 Å². The SMILES string of the molecule is Cc1cc(C)cc(OCC(=O)N(Cc2ccccc2F)[C@H](Cc2ccccc2)C(=O)NC(C)(C)C)c1. The van der Waals surface area contributed by atoms with Crippen LogP contribution in [0.1, 0.15) is 43.0 Å². The Bertz CT molecular complexity index is 1170. The number of halogens is 1. The molecule has 0 saturated heterocycles. The third-order valence-corrected chi connectivity index (χ3v) is 5.63. The van der Waals surface area contributed by atoms with Crippen LogP contribution in [0.4, 0.5) is 4.39 Å². The average molecular weight is 491 g/mol. The molecule has 0 saturated carbocycles. The Kier molecular flexibility index (Phi) is 8.86. The molecular formula is C30H35FN2O3. The third-order valence-electron chi connectivity index (χ3n) is 5.63. The average Bonchev–Trinajstić information content (AvgIpc) is 2.80. The van der Waals surface area contributed by atoms with Crippen LogP contribution in [0.15, 0.2) is 72.8 Å². The summed E-state index contributed by atoms with van der Waals surface area (Å²) in [5, 5.41) is 3.00. The Morgan fingerprint density at radius 2 is 1.56 bits per heavy atom. The zero-order valence-corrected chi connectivity index (χ0v) is 21.7. The number of nitrogens with one attached hydrogen (secondary N) is 1. The van der Waals surface area contributed by atoms with Gasteiger partial charge in [0.05, 0.1) is 0 Å². The van der Waals surface area contributed by atoms with Crippen LogP contribution in [0.25, 0.3) is 0 Å². The lowest BCUT2D eigenvalue weighted by atomic mass is 10.0. The van der Waals surface area contributed by atoms with Crippen molar-refractivity contribution in [1.82, 2.24) is 10.2 Å². The minimum Gasteiger partial charge on any atom is -0.484 e. The van der Waals surface area contributed by atoms with E-state index in [0.717, 1.165) is 16.7 Å². The Hall–Kier alpha value is -3.67. The van der Waals surface area contributed by atoms with Gasteiger partial charge in [0, 0.05) is 24.1 Å². The molecule has 0 radical (unpaired) electrons. The van der Waals surface area contributed by atoms with Gasteiger partial charge in [-0.15, -0.1) is 0 Å². The van der Waals surface area contributed by atoms with Crippen molar-refractivity contribution in [1.29, 1.82) is 0 Å². The number of ether oxygens (including phenoxy) is 1. The van der Waals surface area contributed by atoms with Gasteiger partial charge in [-0.2, -0.15) is 0 Å². The molecule has 5 nitrogen and oxygen atoms in total. The van der Waals surface area contributed by atoms with Crippen LogP contribution in [0.3, 0.4) is 0 Å². The Morgan fingerprint density at radius 1 is 0.944 bits per heavy atom. The lowest BCUT2D eigenvalue weighted by Gasteiger charge is -2.33. The second-order valence-electron chi connectivity index (χ2n) is 10.2. The molecular weight excluding hydrogens is 455 g/mol. The van der Waals surface area contributed by atoms with E-state index < -0.39 is 23.3 Å². The fraction of sp³-hybridized carbons (Fsp3) is 0.333. The van der Waals surface area contributed by atoms with Gasteiger partial charge in [0.1, 0.15) is 17.6 Å². The molecule has 0 aliphatic carbocycles. The van der Waals surface area contributed by atoms with E-state index in [2.05, 4.69) is 5.32 Å². The number of amides is 2. The molecule has 3 aromatic rings. The van der Waals surface area contributed by atoms with E-state index in [9.17, 15) is 14.0 Å². The minimum absolute atomic E-state index is 0.0588. The van der Waals surface area contributed by atoms with Gasteiger partial charge in [0.15, 0.2) is 6.61 Å². The first-order valence-electron chi connectivity index (χ1n) is 12.1. The summed E-state index contributed by atoms with van der Waals surface area (Å²) in [5.74, 6) is -0.560. The highest BCUT2D eigenvalue weighted by atomic mass is 19.1. The first kappa shape index (κ1) is 26.9. The van der Waals surface area contributed by atoms with Crippen LogP contribution in [0.2, 0.25) is 0 Å². The van der Waals surface area contributed by atoms with Crippen LogP contribution < -0.4 is 10.1 Å². The van der Waals surface area contributed by atoms with Gasteiger partial charge in [-0.3, -0.25) is 9.59 Å². The second kappa shape index (κ2) is 11.8. The summed E-state index contributed by atoms with van der Waals surface area (Å²) in [5.41, 5.74) is 2.76. The summed E-state index contributed by atoms with van der Waals surface area (Å²) in [7, 11) is 0. The van der Waals surface area contributed by atoms with Gasteiger partial charge in [0.25, 0.3) is 5.91 Å². The van der Waals surface area contributed by atoms with Crippen LogP contribution in [0.5, 0.6) is 5.75 Å². The summed E-state index contributed by atoms with van der Waals surface area (Å²) < 4.78 is 20.5. The molecule has 0 aliphatic rings. The standard InChI is InChI=1S/C30H35FN2O3/c1-21-15-22(2)17-25(16-21)36-20-28(34)33(19-24-13-9-10-14-26(24)31)27(29(35)32-30(3,4)5)18-23-11-7-6-8-12-23/h6-17,27H,18-20H2,1-5H3,(H,32,35)/t27-/m1/s1. The normalized spacial score (nSPS) is 12.1. The van der Waals surface area contributed by atoms with Gasteiger partial charge in [-0.25, -0.2) is 4.39 Å². The summed E-state index contributed by atoms with van der Waals surface area (Å²) in [6, 6.07) is 20.7.